The SMILES string of the molecule is CCCC(NS(=O)(=O)c1ccc(Br)cc1)C(=S)Nc1ccc(CC(=O)O)cc1. The number of carbonyl (C=O) groups is 1. The monoisotopic (exact) mass is 484 g/mol. The van der Waals surface area contributed by atoms with Crippen LogP contribution in [0.5, 0.6) is 0 Å². The van der Waals surface area contributed by atoms with Crippen LogP contribution >= 0.6 is 28.1 Å². The number of carboxylic acids is 1. The predicted molar refractivity (Wildman–Crippen MR) is 117 cm³/mol. The van der Waals surface area contributed by atoms with Crippen LogP contribution < -0.4 is 10.0 Å². The van der Waals surface area contributed by atoms with Crippen LogP contribution in [0, 0.1) is 0 Å². The van der Waals surface area contributed by atoms with E-state index in [0.29, 0.717) is 22.7 Å². The maximum absolute atomic E-state index is 12.7. The van der Waals surface area contributed by atoms with Crippen LogP contribution in [0.15, 0.2) is 57.9 Å². The molecule has 0 saturated carbocycles. The summed E-state index contributed by atoms with van der Waals surface area (Å²) in [6, 6.07) is 12.6. The average molecular weight is 485 g/mol. The van der Waals surface area contributed by atoms with Gasteiger partial charge in [-0.25, -0.2) is 13.1 Å². The molecular weight excluding hydrogens is 464 g/mol. The van der Waals surface area contributed by atoms with Crippen molar-refractivity contribution in [1.82, 2.24) is 4.72 Å². The highest BCUT2D eigenvalue weighted by Gasteiger charge is 2.23. The second-order valence-corrected chi connectivity index (χ2v) is 9.24. The normalized spacial score (nSPS) is 12.4. The number of nitrogens with one attached hydrogen (secondary N) is 2. The minimum atomic E-state index is -3.72. The number of aliphatic carboxylic acids is 1. The molecule has 9 heteroatoms. The van der Waals surface area contributed by atoms with Gasteiger partial charge in [0.25, 0.3) is 0 Å². The molecule has 1 unspecified atom stereocenters. The van der Waals surface area contributed by atoms with Crippen LogP contribution in [0.3, 0.4) is 0 Å². The van der Waals surface area contributed by atoms with Gasteiger partial charge >= 0.3 is 5.97 Å². The molecule has 0 heterocycles. The third-order valence-corrected chi connectivity index (χ3v) is 6.29. The number of benzene rings is 2. The van der Waals surface area contributed by atoms with E-state index in [1.54, 1.807) is 36.4 Å². The highest BCUT2D eigenvalue weighted by molar-refractivity contribution is 9.10. The number of rotatable bonds is 9. The Hall–Kier alpha value is -1.81. The third-order valence-electron chi connectivity index (χ3n) is 3.89. The second-order valence-electron chi connectivity index (χ2n) is 6.17. The van der Waals surface area contributed by atoms with Crippen molar-refractivity contribution in [3.05, 3.63) is 58.6 Å². The molecule has 3 N–H and O–H groups in total. The summed E-state index contributed by atoms with van der Waals surface area (Å²) in [6.45, 7) is 1.95. The van der Waals surface area contributed by atoms with Gasteiger partial charge < -0.3 is 10.4 Å². The number of carboxylic acid groups (broad SMARTS) is 1. The van der Waals surface area contributed by atoms with Crippen molar-refractivity contribution >= 4 is 54.8 Å². The van der Waals surface area contributed by atoms with Gasteiger partial charge in [-0.05, 0) is 48.4 Å². The Morgan fingerprint density at radius 3 is 2.29 bits per heavy atom. The van der Waals surface area contributed by atoms with Crippen LogP contribution in [0.1, 0.15) is 25.3 Å². The van der Waals surface area contributed by atoms with E-state index < -0.39 is 22.0 Å². The van der Waals surface area contributed by atoms with Gasteiger partial charge in [-0.15, -0.1) is 0 Å². The molecular formula is C19H21BrN2O4S2. The quantitative estimate of drug-likeness (QED) is 0.466. The third kappa shape index (κ3) is 6.66. The van der Waals surface area contributed by atoms with Crippen molar-refractivity contribution in [3.8, 4) is 0 Å². The summed E-state index contributed by atoms with van der Waals surface area (Å²) in [6.07, 6.45) is 1.22. The zero-order valence-corrected chi connectivity index (χ0v) is 18.4. The first-order valence-electron chi connectivity index (χ1n) is 8.60. The van der Waals surface area contributed by atoms with Crippen molar-refractivity contribution in [2.24, 2.45) is 0 Å². The number of hydrogen-bond donors (Lipinski definition) is 3. The molecule has 6 nitrogen and oxygen atoms in total. The van der Waals surface area contributed by atoms with E-state index in [0.717, 1.165) is 10.9 Å². The minimum Gasteiger partial charge on any atom is -0.481 e. The van der Waals surface area contributed by atoms with Gasteiger partial charge in [0, 0.05) is 10.2 Å². The Morgan fingerprint density at radius 1 is 1.14 bits per heavy atom. The molecule has 1 atom stereocenters. The molecule has 0 radical (unpaired) electrons. The summed E-state index contributed by atoms with van der Waals surface area (Å²) in [5.41, 5.74) is 1.34. The molecule has 0 bridgehead atoms. The van der Waals surface area contributed by atoms with Crippen molar-refractivity contribution in [2.75, 3.05) is 5.32 Å². The Bertz CT molecular complexity index is 929. The van der Waals surface area contributed by atoms with Crippen molar-refractivity contribution in [3.63, 3.8) is 0 Å². The van der Waals surface area contributed by atoms with E-state index in [-0.39, 0.29) is 11.3 Å². The molecule has 0 spiro atoms. The van der Waals surface area contributed by atoms with Gasteiger partial charge in [0.2, 0.25) is 10.0 Å². The summed E-state index contributed by atoms with van der Waals surface area (Å²) in [7, 11) is -3.72. The van der Waals surface area contributed by atoms with E-state index in [2.05, 4.69) is 26.0 Å². The van der Waals surface area contributed by atoms with E-state index in [4.69, 9.17) is 17.3 Å². The molecule has 2 aromatic rings. The van der Waals surface area contributed by atoms with Crippen LogP contribution in [-0.2, 0) is 21.2 Å². The second kappa shape index (κ2) is 10.1. The molecule has 0 amide bonds. The Labute approximate surface area is 178 Å². The van der Waals surface area contributed by atoms with E-state index in [1.807, 2.05) is 6.92 Å². The molecule has 0 aliphatic heterocycles. The highest BCUT2D eigenvalue weighted by Crippen LogP contribution is 2.17. The number of sulfonamides is 1. The Morgan fingerprint density at radius 2 is 1.75 bits per heavy atom. The smallest absolute Gasteiger partial charge is 0.307 e. The number of hydrogen-bond acceptors (Lipinski definition) is 4. The molecule has 150 valence electrons. The zero-order chi connectivity index (χ0) is 20.7. The summed E-state index contributed by atoms with van der Waals surface area (Å²) in [4.78, 5) is 11.3. The maximum atomic E-state index is 12.7. The van der Waals surface area contributed by atoms with Gasteiger partial charge in [0.1, 0.15) is 0 Å². The van der Waals surface area contributed by atoms with Gasteiger partial charge in [-0.1, -0.05) is 53.6 Å². The largest absolute Gasteiger partial charge is 0.481 e. The summed E-state index contributed by atoms with van der Waals surface area (Å²) >= 11 is 8.71. The first-order valence-corrected chi connectivity index (χ1v) is 11.3. The van der Waals surface area contributed by atoms with Gasteiger partial charge in [0.15, 0.2) is 0 Å². The fraction of sp³-hybridized carbons (Fsp3) is 0.263. The summed E-state index contributed by atoms with van der Waals surface area (Å²) in [5, 5.41) is 11.9. The zero-order valence-electron chi connectivity index (χ0n) is 15.2. The van der Waals surface area contributed by atoms with Crippen molar-refractivity contribution in [2.45, 2.75) is 37.1 Å². The molecule has 0 aromatic heterocycles. The lowest BCUT2D eigenvalue weighted by Gasteiger charge is -2.20. The fourth-order valence-corrected chi connectivity index (χ4v) is 4.39. The molecule has 0 aliphatic carbocycles. The lowest BCUT2D eigenvalue weighted by molar-refractivity contribution is -0.136. The first kappa shape index (κ1) is 22.5. The van der Waals surface area contributed by atoms with E-state index >= 15 is 0 Å². The van der Waals surface area contributed by atoms with Gasteiger partial charge in [-0.3, -0.25) is 4.79 Å². The highest BCUT2D eigenvalue weighted by atomic mass is 79.9. The maximum Gasteiger partial charge on any atom is 0.307 e. The number of halogens is 1. The standard InChI is InChI=1S/C19H21BrN2O4S2/c1-2-3-17(22-28(25,26)16-10-6-14(20)7-11-16)19(27)21-15-8-4-13(5-9-15)12-18(23)24/h4-11,17,22H,2-3,12H2,1H3,(H,21,27)(H,23,24). The number of thiocarbonyl (C=S) groups is 1. The topological polar surface area (TPSA) is 95.5 Å². The Kier molecular flexibility index (Phi) is 8.11. The van der Waals surface area contributed by atoms with Crippen LogP contribution in [0.25, 0.3) is 0 Å². The lowest BCUT2D eigenvalue weighted by atomic mass is 10.1. The van der Waals surface area contributed by atoms with Crippen LogP contribution in [0.2, 0.25) is 0 Å². The first-order chi connectivity index (χ1) is 13.2. The van der Waals surface area contributed by atoms with Gasteiger partial charge in [0.05, 0.1) is 22.3 Å². The molecule has 0 fully saturated rings. The van der Waals surface area contributed by atoms with E-state index in [9.17, 15) is 13.2 Å². The molecule has 0 aliphatic rings. The minimum absolute atomic E-state index is 0.0593. The number of anilines is 1. The Balaban J connectivity index is 2.10. The van der Waals surface area contributed by atoms with Crippen LogP contribution in [-0.4, -0.2) is 30.5 Å². The average Bonchev–Trinajstić information content (AvgIpc) is 2.63. The molecule has 2 aromatic carbocycles. The van der Waals surface area contributed by atoms with E-state index in [1.165, 1.54) is 12.1 Å². The van der Waals surface area contributed by atoms with Crippen molar-refractivity contribution < 1.29 is 18.3 Å². The van der Waals surface area contributed by atoms with Gasteiger partial charge in [-0.2, -0.15) is 0 Å². The molecule has 2 rings (SSSR count). The fourth-order valence-electron chi connectivity index (χ4n) is 2.51. The van der Waals surface area contributed by atoms with Crippen molar-refractivity contribution in [1.29, 1.82) is 0 Å². The molecule has 0 saturated heterocycles. The predicted octanol–water partition coefficient (Wildman–Crippen LogP) is 3.96. The summed E-state index contributed by atoms with van der Waals surface area (Å²) in [5.74, 6) is -0.901. The van der Waals surface area contributed by atoms with Crippen LogP contribution in [0.4, 0.5) is 5.69 Å². The summed E-state index contributed by atoms with van der Waals surface area (Å²) < 4.78 is 28.8. The molecule has 28 heavy (non-hydrogen) atoms. The lowest BCUT2D eigenvalue weighted by Crippen LogP contribution is -2.42.